The molecule has 0 aliphatic rings. The third kappa shape index (κ3) is 3.38. The normalized spacial score (nSPS) is 11.3. The van der Waals surface area contributed by atoms with Crippen LogP contribution in [0.25, 0.3) is 10.8 Å². The number of hydrogen-bond acceptors (Lipinski definition) is 3. The van der Waals surface area contributed by atoms with Gasteiger partial charge >= 0.3 is 29.6 Å². The van der Waals surface area contributed by atoms with Gasteiger partial charge in [0.2, 0.25) is 0 Å². The minimum absolute atomic E-state index is 0. The van der Waals surface area contributed by atoms with E-state index >= 15 is 0 Å². The van der Waals surface area contributed by atoms with Crippen LogP contribution in [0, 0.1) is 0 Å². The molecule has 0 saturated carbocycles. The molecule has 0 N–H and O–H groups in total. The number of hydrogen-bond donors (Lipinski definition) is 0. The third-order valence-electron chi connectivity index (χ3n) is 3.22. The maximum Gasteiger partial charge on any atom is 1.00 e. The van der Waals surface area contributed by atoms with Crippen LogP contribution in [0.5, 0.6) is 0 Å². The second kappa shape index (κ2) is 6.37. The van der Waals surface area contributed by atoms with Crippen molar-refractivity contribution in [3.05, 3.63) is 41.5 Å². The molecule has 2 aromatic carbocycles. The van der Waals surface area contributed by atoms with E-state index in [0.717, 1.165) is 34.7 Å². The monoisotopic (exact) mass is 286 g/mol. The van der Waals surface area contributed by atoms with Crippen molar-refractivity contribution in [2.24, 2.45) is 0 Å². The van der Waals surface area contributed by atoms with E-state index < -0.39 is 10.1 Å². The molecule has 96 valence electrons. The van der Waals surface area contributed by atoms with Crippen molar-refractivity contribution in [1.29, 1.82) is 0 Å². The predicted octanol–water partition coefficient (Wildman–Crippen LogP) is -0.127. The Labute approximate surface area is 136 Å². The van der Waals surface area contributed by atoms with Gasteiger partial charge in [-0.25, -0.2) is 8.42 Å². The van der Waals surface area contributed by atoms with Gasteiger partial charge in [-0.3, -0.25) is 0 Å². The fourth-order valence-electron chi connectivity index (χ4n) is 2.22. The Hall–Kier alpha value is -0.390. The van der Waals surface area contributed by atoms with Crippen LogP contribution in [0.4, 0.5) is 0 Å². The number of rotatable bonds is 3. The Kier molecular flexibility index (Phi) is 5.59. The molecule has 0 fully saturated rings. The van der Waals surface area contributed by atoms with Crippen molar-refractivity contribution in [2.45, 2.75) is 31.6 Å². The van der Waals surface area contributed by atoms with Crippen molar-refractivity contribution in [3.63, 3.8) is 0 Å². The van der Waals surface area contributed by atoms with Gasteiger partial charge < -0.3 is 4.55 Å². The molecule has 19 heavy (non-hydrogen) atoms. The molecule has 0 spiro atoms. The van der Waals surface area contributed by atoms with Gasteiger partial charge in [0.1, 0.15) is 10.1 Å². The summed E-state index contributed by atoms with van der Waals surface area (Å²) in [4.78, 5) is -0.155. The van der Waals surface area contributed by atoms with E-state index in [-0.39, 0.29) is 34.5 Å². The average Bonchev–Trinajstić information content (AvgIpc) is 2.35. The standard InChI is InChI=1S/C14H16O3S.Na/c1-3-10-5-6-11(4-2)14-9-12(18(15,16)17)7-8-13(10)14;/h5-9H,3-4H2,1-2H3,(H,15,16,17);/q;+1/p-1. The minimum Gasteiger partial charge on any atom is -0.744 e. The molecule has 0 atom stereocenters. The molecule has 2 rings (SSSR count). The summed E-state index contributed by atoms with van der Waals surface area (Å²) in [7, 11) is -4.39. The molecular weight excluding hydrogens is 271 g/mol. The maximum absolute atomic E-state index is 11.1. The molecule has 0 saturated heterocycles. The van der Waals surface area contributed by atoms with Crippen LogP contribution in [-0.4, -0.2) is 13.0 Å². The van der Waals surface area contributed by atoms with E-state index in [1.807, 2.05) is 13.0 Å². The van der Waals surface area contributed by atoms with Crippen LogP contribution in [0.15, 0.2) is 35.2 Å². The van der Waals surface area contributed by atoms with Crippen LogP contribution < -0.4 is 29.6 Å². The molecule has 0 unspecified atom stereocenters. The van der Waals surface area contributed by atoms with Crippen molar-refractivity contribution in [3.8, 4) is 0 Å². The van der Waals surface area contributed by atoms with Crippen molar-refractivity contribution in [1.82, 2.24) is 0 Å². The summed E-state index contributed by atoms with van der Waals surface area (Å²) in [5.41, 5.74) is 2.23. The Morgan fingerprint density at radius 1 is 0.947 bits per heavy atom. The Morgan fingerprint density at radius 3 is 1.95 bits per heavy atom. The Bertz CT molecular complexity index is 693. The van der Waals surface area contributed by atoms with Crippen LogP contribution in [0.3, 0.4) is 0 Å². The van der Waals surface area contributed by atoms with Crippen molar-refractivity contribution in [2.75, 3.05) is 0 Å². The Morgan fingerprint density at radius 2 is 1.47 bits per heavy atom. The van der Waals surface area contributed by atoms with E-state index in [1.54, 1.807) is 6.07 Å². The summed E-state index contributed by atoms with van der Waals surface area (Å²) < 4.78 is 33.2. The number of aryl methyl sites for hydroxylation is 2. The molecule has 0 aromatic heterocycles. The van der Waals surface area contributed by atoms with E-state index in [2.05, 4.69) is 13.0 Å². The summed E-state index contributed by atoms with van der Waals surface area (Å²) >= 11 is 0. The van der Waals surface area contributed by atoms with E-state index in [4.69, 9.17) is 0 Å². The van der Waals surface area contributed by atoms with Gasteiger partial charge in [-0.05, 0) is 46.9 Å². The molecule has 2 aromatic rings. The fourth-order valence-corrected chi connectivity index (χ4v) is 2.72. The van der Waals surface area contributed by atoms with Gasteiger partial charge in [0.25, 0.3) is 0 Å². The first-order valence-corrected chi connectivity index (χ1v) is 7.38. The molecule has 0 heterocycles. The zero-order chi connectivity index (χ0) is 13.3. The second-order valence-electron chi connectivity index (χ2n) is 4.25. The van der Waals surface area contributed by atoms with Gasteiger partial charge in [0.15, 0.2) is 0 Å². The fraction of sp³-hybridized carbons (Fsp3) is 0.286. The summed E-state index contributed by atoms with van der Waals surface area (Å²) in [5.74, 6) is 0. The second-order valence-corrected chi connectivity index (χ2v) is 5.63. The zero-order valence-corrected chi connectivity index (χ0v) is 14.3. The molecule has 0 amide bonds. The zero-order valence-electron chi connectivity index (χ0n) is 11.4. The van der Waals surface area contributed by atoms with Crippen LogP contribution in [-0.2, 0) is 23.0 Å². The van der Waals surface area contributed by atoms with Crippen LogP contribution in [0.2, 0.25) is 0 Å². The number of fused-ring (bicyclic) bond motifs is 1. The van der Waals surface area contributed by atoms with Crippen molar-refractivity contribution < 1.29 is 42.5 Å². The van der Waals surface area contributed by atoms with Crippen molar-refractivity contribution >= 4 is 20.9 Å². The first-order valence-electron chi connectivity index (χ1n) is 5.97. The quantitative estimate of drug-likeness (QED) is 0.583. The summed E-state index contributed by atoms with van der Waals surface area (Å²) in [5, 5.41) is 1.90. The molecule has 3 nitrogen and oxygen atoms in total. The maximum atomic E-state index is 11.1. The SMILES string of the molecule is CCc1ccc(CC)c2cc(S(=O)(=O)[O-])ccc12.[Na+]. The average molecular weight is 286 g/mol. The number of benzene rings is 2. The first kappa shape index (κ1) is 16.7. The Balaban J connectivity index is 0.00000180. The van der Waals surface area contributed by atoms with E-state index in [9.17, 15) is 13.0 Å². The molecule has 0 aliphatic heterocycles. The van der Waals surface area contributed by atoms with Gasteiger partial charge in [-0.1, -0.05) is 32.0 Å². The van der Waals surface area contributed by atoms with E-state index in [0.29, 0.717) is 0 Å². The van der Waals surface area contributed by atoms with Crippen LogP contribution >= 0.6 is 0 Å². The smallest absolute Gasteiger partial charge is 0.744 e. The van der Waals surface area contributed by atoms with Crippen LogP contribution in [0.1, 0.15) is 25.0 Å². The summed E-state index contributed by atoms with van der Waals surface area (Å²) in [6.45, 7) is 4.07. The summed E-state index contributed by atoms with van der Waals surface area (Å²) in [6, 6.07) is 8.69. The molecule has 0 radical (unpaired) electrons. The summed E-state index contributed by atoms with van der Waals surface area (Å²) in [6.07, 6.45) is 1.69. The topological polar surface area (TPSA) is 57.2 Å². The largest absolute Gasteiger partial charge is 1.00 e. The van der Waals surface area contributed by atoms with Gasteiger partial charge in [-0.15, -0.1) is 0 Å². The molecular formula is C14H15NaO3S. The van der Waals surface area contributed by atoms with E-state index in [1.165, 1.54) is 12.1 Å². The molecule has 0 bridgehead atoms. The molecule has 0 aliphatic carbocycles. The third-order valence-corrected chi connectivity index (χ3v) is 4.05. The van der Waals surface area contributed by atoms with Gasteiger partial charge in [-0.2, -0.15) is 0 Å². The van der Waals surface area contributed by atoms with Gasteiger partial charge in [0, 0.05) is 0 Å². The predicted molar refractivity (Wildman–Crippen MR) is 70.7 cm³/mol. The minimum atomic E-state index is -4.39. The first-order chi connectivity index (χ1) is 8.47. The molecule has 5 heteroatoms. The van der Waals surface area contributed by atoms with Gasteiger partial charge in [0.05, 0.1) is 4.90 Å².